The zero-order valence-electron chi connectivity index (χ0n) is 17.1. The largest absolute Gasteiger partial charge is 0.467 e. The molecule has 0 spiro atoms. The van der Waals surface area contributed by atoms with E-state index in [-0.39, 0.29) is 23.5 Å². The number of furan rings is 1. The van der Waals surface area contributed by atoms with Gasteiger partial charge in [-0.25, -0.2) is 4.79 Å². The van der Waals surface area contributed by atoms with Crippen LogP contribution in [0.25, 0.3) is 0 Å². The predicted molar refractivity (Wildman–Crippen MR) is 106 cm³/mol. The molecule has 1 N–H and O–H groups in total. The van der Waals surface area contributed by atoms with E-state index in [0.29, 0.717) is 5.76 Å². The Morgan fingerprint density at radius 1 is 1.03 bits per heavy atom. The van der Waals surface area contributed by atoms with Crippen molar-refractivity contribution in [3.8, 4) is 0 Å². The molecule has 1 aromatic carbocycles. The van der Waals surface area contributed by atoms with Crippen molar-refractivity contribution >= 4 is 23.7 Å². The molecule has 3 amide bonds. The van der Waals surface area contributed by atoms with Crippen molar-refractivity contribution in [2.24, 2.45) is 5.92 Å². The van der Waals surface area contributed by atoms with Crippen molar-refractivity contribution in [3.63, 3.8) is 0 Å². The zero-order chi connectivity index (χ0) is 21.8. The van der Waals surface area contributed by atoms with Crippen molar-refractivity contribution in [3.05, 3.63) is 59.5 Å². The Balaban J connectivity index is 1.67. The van der Waals surface area contributed by atoms with Crippen LogP contribution in [0.4, 0.5) is 0 Å². The van der Waals surface area contributed by atoms with E-state index in [9.17, 15) is 19.2 Å². The van der Waals surface area contributed by atoms with Gasteiger partial charge < -0.3 is 14.5 Å². The maximum atomic E-state index is 12.8. The lowest BCUT2D eigenvalue weighted by molar-refractivity contribution is -0.153. The van der Waals surface area contributed by atoms with Crippen LogP contribution in [-0.2, 0) is 14.3 Å². The van der Waals surface area contributed by atoms with Crippen molar-refractivity contribution in [2.45, 2.75) is 39.3 Å². The Kier molecular flexibility index (Phi) is 6.34. The fraction of sp³-hybridized carbons (Fsp3) is 0.364. The molecule has 8 nitrogen and oxygen atoms in total. The SMILES string of the molecule is CC(C)C[C@@H](C(=O)OCC(=O)N[C@H](C)c1ccco1)N1C(=O)c2ccccc2C1=O. The monoisotopic (exact) mass is 412 g/mol. The highest BCUT2D eigenvalue weighted by Gasteiger charge is 2.43. The molecule has 0 fully saturated rings. The van der Waals surface area contributed by atoms with Crippen molar-refractivity contribution in [2.75, 3.05) is 6.61 Å². The second-order valence-electron chi connectivity index (χ2n) is 7.58. The third-order valence-corrected chi connectivity index (χ3v) is 4.80. The number of amides is 3. The molecule has 3 rings (SSSR count). The molecular weight excluding hydrogens is 388 g/mol. The number of carbonyl (C=O) groups is 4. The second kappa shape index (κ2) is 8.94. The normalized spacial score (nSPS) is 15.1. The third-order valence-electron chi connectivity index (χ3n) is 4.80. The molecule has 30 heavy (non-hydrogen) atoms. The van der Waals surface area contributed by atoms with Gasteiger partial charge in [-0.2, -0.15) is 0 Å². The standard InChI is InChI=1S/C22H24N2O6/c1-13(2)11-17(24-20(26)15-7-4-5-8-16(15)21(24)27)22(28)30-12-19(25)23-14(3)18-9-6-10-29-18/h4-10,13-14,17H,11-12H2,1-3H3,(H,23,25)/t14-,17+/m1/s1. The Hall–Kier alpha value is -3.42. The molecule has 1 aliphatic rings. The number of nitrogens with one attached hydrogen (secondary N) is 1. The number of hydrogen-bond acceptors (Lipinski definition) is 6. The van der Waals surface area contributed by atoms with Gasteiger partial charge in [0.2, 0.25) is 0 Å². The third kappa shape index (κ3) is 4.42. The van der Waals surface area contributed by atoms with E-state index in [1.165, 1.54) is 6.26 Å². The summed E-state index contributed by atoms with van der Waals surface area (Å²) in [5.41, 5.74) is 0.517. The van der Waals surface area contributed by atoms with Crippen LogP contribution < -0.4 is 5.32 Å². The van der Waals surface area contributed by atoms with E-state index >= 15 is 0 Å². The van der Waals surface area contributed by atoms with Crippen molar-refractivity contribution < 1.29 is 28.3 Å². The minimum Gasteiger partial charge on any atom is -0.467 e. The van der Waals surface area contributed by atoms with E-state index in [4.69, 9.17) is 9.15 Å². The Morgan fingerprint density at radius 2 is 1.67 bits per heavy atom. The number of nitrogens with zero attached hydrogens (tertiary/aromatic N) is 1. The van der Waals surface area contributed by atoms with Crippen LogP contribution in [-0.4, -0.2) is 41.2 Å². The molecule has 0 saturated heterocycles. The fourth-order valence-corrected chi connectivity index (χ4v) is 3.37. The Morgan fingerprint density at radius 3 is 2.20 bits per heavy atom. The van der Waals surface area contributed by atoms with Crippen molar-refractivity contribution in [1.82, 2.24) is 10.2 Å². The average Bonchev–Trinajstić information content (AvgIpc) is 3.33. The number of rotatable bonds is 8. The minimum atomic E-state index is -1.10. The van der Waals surface area contributed by atoms with Crippen LogP contribution in [0.15, 0.2) is 47.1 Å². The summed E-state index contributed by atoms with van der Waals surface area (Å²) in [6.45, 7) is 4.95. The first-order valence-electron chi connectivity index (χ1n) is 9.76. The van der Waals surface area contributed by atoms with Crippen LogP contribution in [0.2, 0.25) is 0 Å². The summed E-state index contributed by atoms with van der Waals surface area (Å²) >= 11 is 0. The first kappa shape index (κ1) is 21.3. The van der Waals surface area contributed by atoms with Gasteiger partial charge in [0.05, 0.1) is 23.4 Å². The van der Waals surface area contributed by atoms with E-state index in [0.717, 1.165) is 4.90 Å². The summed E-state index contributed by atoms with van der Waals surface area (Å²) in [5.74, 6) is -1.79. The highest BCUT2D eigenvalue weighted by molar-refractivity contribution is 6.22. The molecule has 0 radical (unpaired) electrons. The number of fused-ring (bicyclic) bond motifs is 1. The molecule has 0 unspecified atom stereocenters. The summed E-state index contributed by atoms with van der Waals surface area (Å²) in [6, 6.07) is 8.35. The quantitative estimate of drug-likeness (QED) is 0.528. The maximum absolute atomic E-state index is 12.8. The smallest absolute Gasteiger partial charge is 0.329 e. The van der Waals surface area contributed by atoms with Crippen LogP contribution in [0.3, 0.4) is 0 Å². The Labute approximate surface area is 174 Å². The predicted octanol–water partition coefficient (Wildman–Crippen LogP) is 2.71. The van der Waals surface area contributed by atoms with Crippen LogP contribution in [0.1, 0.15) is 59.7 Å². The molecule has 2 aromatic rings. The zero-order valence-corrected chi connectivity index (χ0v) is 17.1. The summed E-state index contributed by atoms with van der Waals surface area (Å²) in [7, 11) is 0. The summed E-state index contributed by atoms with van der Waals surface area (Å²) in [6.07, 6.45) is 1.73. The molecular formula is C22H24N2O6. The topological polar surface area (TPSA) is 106 Å². The van der Waals surface area contributed by atoms with Gasteiger partial charge in [0, 0.05) is 0 Å². The summed E-state index contributed by atoms with van der Waals surface area (Å²) < 4.78 is 10.4. The van der Waals surface area contributed by atoms with Crippen LogP contribution in [0, 0.1) is 5.92 Å². The molecule has 0 bridgehead atoms. The lowest BCUT2D eigenvalue weighted by Gasteiger charge is -2.26. The number of imide groups is 1. The number of esters is 1. The number of benzene rings is 1. The number of carbonyl (C=O) groups excluding carboxylic acids is 4. The molecule has 0 aliphatic carbocycles. The lowest BCUT2D eigenvalue weighted by atomic mass is 10.0. The molecule has 1 aliphatic heterocycles. The van der Waals surface area contributed by atoms with Gasteiger partial charge in [0.1, 0.15) is 11.8 Å². The molecule has 0 saturated carbocycles. The lowest BCUT2D eigenvalue weighted by Crippen LogP contribution is -2.47. The summed E-state index contributed by atoms with van der Waals surface area (Å²) in [5, 5.41) is 2.66. The highest BCUT2D eigenvalue weighted by Crippen LogP contribution is 2.27. The highest BCUT2D eigenvalue weighted by atomic mass is 16.5. The van der Waals surface area contributed by atoms with Gasteiger partial charge in [0.25, 0.3) is 17.7 Å². The van der Waals surface area contributed by atoms with Crippen molar-refractivity contribution in [1.29, 1.82) is 0 Å². The average molecular weight is 412 g/mol. The van der Waals surface area contributed by atoms with Gasteiger partial charge >= 0.3 is 5.97 Å². The van der Waals surface area contributed by atoms with Crippen LogP contribution in [0.5, 0.6) is 0 Å². The first-order valence-corrected chi connectivity index (χ1v) is 9.76. The summed E-state index contributed by atoms with van der Waals surface area (Å²) in [4.78, 5) is 51.4. The van der Waals surface area contributed by atoms with Crippen LogP contribution >= 0.6 is 0 Å². The first-order chi connectivity index (χ1) is 14.3. The number of hydrogen-bond donors (Lipinski definition) is 1. The molecule has 1 aromatic heterocycles. The van der Waals surface area contributed by atoms with Gasteiger partial charge in [-0.05, 0) is 43.5 Å². The van der Waals surface area contributed by atoms with Gasteiger partial charge in [0.15, 0.2) is 6.61 Å². The van der Waals surface area contributed by atoms with E-state index in [1.807, 2.05) is 13.8 Å². The second-order valence-corrected chi connectivity index (χ2v) is 7.58. The van der Waals surface area contributed by atoms with E-state index in [1.54, 1.807) is 43.3 Å². The molecule has 2 heterocycles. The van der Waals surface area contributed by atoms with E-state index in [2.05, 4.69) is 5.32 Å². The molecule has 8 heteroatoms. The minimum absolute atomic E-state index is 0.0136. The maximum Gasteiger partial charge on any atom is 0.329 e. The molecule has 2 atom stereocenters. The van der Waals surface area contributed by atoms with Gasteiger partial charge in [-0.15, -0.1) is 0 Å². The Bertz CT molecular complexity index is 915. The van der Waals surface area contributed by atoms with E-state index < -0.39 is 42.4 Å². The van der Waals surface area contributed by atoms with Gasteiger partial charge in [-0.3, -0.25) is 19.3 Å². The van der Waals surface area contributed by atoms with Gasteiger partial charge in [-0.1, -0.05) is 26.0 Å². The number of ether oxygens (including phenoxy) is 1. The molecule has 158 valence electrons. The fourth-order valence-electron chi connectivity index (χ4n) is 3.37.